The molecular formula is C28H34FN7O. The maximum absolute atomic E-state index is 16.3. The van der Waals surface area contributed by atoms with E-state index in [1.807, 2.05) is 6.20 Å². The summed E-state index contributed by atoms with van der Waals surface area (Å²) in [5, 5.41) is 5.02. The fourth-order valence-electron chi connectivity index (χ4n) is 6.72. The molecule has 0 atom stereocenters. The van der Waals surface area contributed by atoms with E-state index in [1.165, 1.54) is 0 Å². The van der Waals surface area contributed by atoms with Gasteiger partial charge in [0.25, 0.3) is 0 Å². The van der Waals surface area contributed by atoms with Crippen LogP contribution in [0, 0.1) is 25.1 Å². The van der Waals surface area contributed by atoms with Gasteiger partial charge in [-0.05, 0) is 49.3 Å². The van der Waals surface area contributed by atoms with Crippen LogP contribution in [0.5, 0.6) is 0 Å². The van der Waals surface area contributed by atoms with Crippen LogP contribution in [0.2, 0.25) is 0 Å². The van der Waals surface area contributed by atoms with Gasteiger partial charge in [-0.2, -0.15) is 5.10 Å². The highest BCUT2D eigenvalue weighted by Crippen LogP contribution is 2.42. The molecule has 3 aliphatic heterocycles. The van der Waals surface area contributed by atoms with Gasteiger partial charge in [0.1, 0.15) is 6.33 Å². The average Bonchev–Trinajstić information content (AvgIpc) is 3.46. The first-order valence-corrected chi connectivity index (χ1v) is 13.4. The zero-order valence-electron chi connectivity index (χ0n) is 22.0. The smallest absolute Gasteiger partial charge is 0.175 e. The standard InChI is InChI=1S/C28H34FN7O/c1-16(2)22-23-21(33-25(22)20-10-36-26(31-15-32-36)18(4)17(20)3)9-30-27(24(23)29)34-7-5-19(6-8-34)35-11-28(12-35)13-37-14-28/h9-10,15-16,19,33H,5-8,11-14H2,1-4H3. The monoisotopic (exact) mass is 503 g/mol. The molecule has 0 unspecified atom stereocenters. The minimum absolute atomic E-state index is 0.125. The number of rotatable bonds is 4. The van der Waals surface area contributed by atoms with Crippen LogP contribution >= 0.6 is 0 Å². The van der Waals surface area contributed by atoms with Crippen LogP contribution in [0.3, 0.4) is 0 Å². The summed E-state index contributed by atoms with van der Waals surface area (Å²) in [6.07, 6.45) is 7.46. The van der Waals surface area contributed by atoms with Gasteiger partial charge in [0.15, 0.2) is 17.3 Å². The number of ether oxygens (including phenoxy) is 1. The Balaban J connectivity index is 1.22. The summed E-state index contributed by atoms with van der Waals surface area (Å²) in [6, 6.07) is 0.581. The van der Waals surface area contributed by atoms with Gasteiger partial charge in [0.2, 0.25) is 0 Å². The number of hydrogen-bond acceptors (Lipinski definition) is 6. The van der Waals surface area contributed by atoms with Gasteiger partial charge in [-0.3, -0.25) is 4.90 Å². The Kier molecular flexibility index (Phi) is 5.14. The van der Waals surface area contributed by atoms with Crippen LogP contribution in [-0.2, 0) is 4.74 Å². The molecule has 0 amide bonds. The highest BCUT2D eigenvalue weighted by atomic mass is 19.1. The number of halogens is 1. The first kappa shape index (κ1) is 23.1. The summed E-state index contributed by atoms with van der Waals surface area (Å²) in [6.45, 7) is 14.2. The molecule has 0 saturated carbocycles. The zero-order chi connectivity index (χ0) is 25.5. The Morgan fingerprint density at radius 1 is 1.11 bits per heavy atom. The summed E-state index contributed by atoms with van der Waals surface area (Å²) in [4.78, 5) is 17.3. The SMILES string of the molecule is Cc1c(-c2[nH]c3cnc(N4CCC(N5CC6(COC6)C5)CC4)c(F)c3c2C(C)C)cn2ncnc2c1C. The van der Waals surface area contributed by atoms with Gasteiger partial charge >= 0.3 is 0 Å². The molecule has 1 spiro atoms. The fourth-order valence-corrected chi connectivity index (χ4v) is 6.72. The number of likely N-dealkylation sites (tertiary alicyclic amines) is 1. The summed E-state index contributed by atoms with van der Waals surface area (Å²) in [5.74, 6) is 0.387. The number of piperidine rings is 1. The Hall–Kier alpha value is -3.04. The number of aromatic amines is 1. The van der Waals surface area contributed by atoms with Crippen LogP contribution in [-0.4, -0.2) is 74.9 Å². The van der Waals surface area contributed by atoms with E-state index in [-0.39, 0.29) is 11.7 Å². The van der Waals surface area contributed by atoms with Crippen molar-refractivity contribution in [3.05, 3.63) is 41.2 Å². The van der Waals surface area contributed by atoms with E-state index in [0.29, 0.717) is 22.7 Å². The lowest BCUT2D eigenvalue weighted by atomic mass is 9.76. The molecule has 4 aromatic rings. The third-order valence-electron chi connectivity index (χ3n) is 8.95. The van der Waals surface area contributed by atoms with Crippen LogP contribution in [0.1, 0.15) is 49.3 Å². The number of fused-ring (bicyclic) bond motifs is 2. The molecule has 37 heavy (non-hydrogen) atoms. The molecule has 3 fully saturated rings. The summed E-state index contributed by atoms with van der Waals surface area (Å²) in [7, 11) is 0. The minimum Gasteiger partial charge on any atom is -0.380 e. The van der Waals surface area contributed by atoms with E-state index < -0.39 is 0 Å². The normalized spacial score (nSPS) is 20.3. The molecule has 9 heteroatoms. The van der Waals surface area contributed by atoms with E-state index in [4.69, 9.17) is 4.74 Å². The topological polar surface area (TPSA) is 74.6 Å². The molecule has 0 aliphatic carbocycles. The molecule has 194 valence electrons. The average molecular weight is 504 g/mol. The van der Waals surface area contributed by atoms with Crippen molar-refractivity contribution in [2.75, 3.05) is 44.3 Å². The van der Waals surface area contributed by atoms with E-state index >= 15 is 4.39 Å². The molecule has 0 bridgehead atoms. The highest BCUT2D eigenvalue weighted by Gasteiger charge is 2.50. The number of pyridine rings is 2. The van der Waals surface area contributed by atoms with Crippen molar-refractivity contribution in [3.63, 3.8) is 0 Å². The molecule has 8 nitrogen and oxygen atoms in total. The minimum atomic E-state index is -0.215. The van der Waals surface area contributed by atoms with Crippen LogP contribution < -0.4 is 4.90 Å². The Labute approximate surface area is 215 Å². The third kappa shape index (κ3) is 3.43. The molecule has 0 aromatic carbocycles. The maximum atomic E-state index is 16.3. The second kappa shape index (κ2) is 8.23. The molecular weight excluding hydrogens is 469 g/mol. The molecule has 0 radical (unpaired) electrons. The van der Waals surface area contributed by atoms with E-state index in [9.17, 15) is 0 Å². The Bertz CT molecular complexity index is 1500. The van der Waals surface area contributed by atoms with Crippen molar-refractivity contribution in [2.45, 2.75) is 52.5 Å². The lowest BCUT2D eigenvalue weighted by Crippen LogP contribution is -2.68. The second-order valence-corrected chi connectivity index (χ2v) is 11.7. The Morgan fingerprint density at radius 2 is 1.86 bits per heavy atom. The van der Waals surface area contributed by atoms with E-state index in [0.717, 1.165) is 91.3 Å². The van der Waals surface area contributed by atoms with Crippen molar-refractivity contribution < 1.29 is 9.13 Å². The number of H-pyrrole nitrogens is 1. The third-order valence-corrected chi connectivity index (χ3v) is 8.95. The number of aryl methyl sites for hydroxylation is 1. The second-order valence-electron chi connectivity index (χ2n) is 11.7. The molecule has 4 aromatic heterocycles. The summed E-state index contributed by atoms with van der Waals surface area (Å²) >= 11 is 0. The lowest BCUT2D eigenvalue weighted by Gasteiger charge is -2.58. The van der Waals surface area contributed by atoms with Gasteiger partial charge in [-0.1, -0.05) is 13.8 Å². The molecule has 1 N–H and O–H groups in total. The summed E-state index contributed by atoms with van der Waals surface area (Å²) in [5.41, 5.74) is 7.14. The first-order chi connectivity index (χ1) is 17.8. The van der Waals surface area contributed by atoms with Crippen molar-refractivity contribution in [1.29, 1.82) is 0 Å². The number of nitrogens with one attached hydrogen (secondary N) is 1. The predicted molar refractivity (Wildman–Crippen MR) is 142 cm³/mol. The van der Waals surface area contributed by atoms with E-state index in [1.54, 1.807) is 17.0 Å². The molecule has 3 saturated heterocycles. The lowest BCUT2D eigenvalue weighted by molar-refractivity contribution is -0.199. The first-order valence-electron chi connectivity index (χ1n) is 13.4. The largest absolute Gasteiger partial charge is 0.380 e. The van der Waals surface area contributed by atoms with Gasteiger partial charge < -0.3 is 14.6 Å². The predicted octanol–water partition coefficient (Wildman–Crippen LogP) is 4.45. The molecule has 7 heterocycles. The summed E-state index contributed by atoms with van der Waals surface area (Å²) < 4.78 is 23.5. The van der Waals surface area contributed by atoms with Crippen molar-refractivity contribution in [1.82, 2.24) is 29.5 Å². The van der Waals surface area contributed by atoms with Crippen molar-refractivity contribution in [2.24, 2.45) is 5.41 Å². The van der Waals surface area contributed by atoms with E-state index in [2.05, 4.69) is 57.5 Å². The van der Waals surface area contributed by atoms with Gasteiger partial charge in [0.05, 0.1) is 30.6 Å². The molecule has 3 aliphatic rings. The maximum Gasteiger partial charge on any atom is 0.175 e. The van der Waals surface area contributed by atoms with Crippen molar-refractivity contribution >= 4 is 22.4 Å². The zero-order valence-corrected chi connectivity index (χ0v) is 22.0. The molecule has 7 rings (SSSR count). The van der Waals surface area contributed by atoms with Gasteiger partial charge in [0, 0.05) is 54.8 Å². The van der Waals surface area contributed by atoms with Crippen molar-refractivity contribution in [3.8, 4) is 11.3 Å². The van der Waals surface area contributed by atoms with Crippen LogP contribution in [0.4, 0.5) is 10.2 Å². The number of aromatic nitrogens is 5. The Morgan fingerprint density at radius 3 is 2.54 bits per heavy atom. The van der Waals surface area contributed by atoms with Gasteiger partial charge in [-0.15, -0.1) is 0 Å². The quantitative estimate of drug-likeness (QED) is 0.444. The van der Waals surface area contributed by atoms with Gasteiger partial charge in [-0.25, -0.2) is 18.9 Å². The van der Waals surface area contributed by atoms with Crippen LogP contribution in [0.15, 0.2) is 18.7 Å². The fraction of sp³-hybridized carbons (Fsp3) is 0.536. The number of anilines is 1. The highest BCUT2D eigenvalue weighted by molar-refractivity contribution is 5.94. The number of hydrogen-bond donors (Lipinski definition) is 1. The van der Waals surface area contributed by atoms with Crippen LogP contribution in [0.25, 0.3) is 27.8 Å². The number of nitrogens with zero attached hydrogens (tertiary/aromatic N) is 6.